The summed E-state index contributed by atoms with van der Waals surface area (Å²) in [5.74, 6) is 2.41. The molecule has 4 heteroatoms. The SMILES string of the molecule is Cc1ccc(-c2cc(-c3cccc(Oc4ccc5c6cc(C(C)(C)C)ccc6n(-c6ccccn6)c5c4)c3)ncc2C)c(C)c1. The lowest BCUT2D eigenvalue weighted by Gasteiger charge is -2.19. The normalized spacial score (nSPS) is 11.8. The van der Waals surface area contributed by atoms with Crippen molar-refractivity contribution in [2.75, 3.05) is 0 Å². The molecule has 0 saturated carbocycles. The number of nitrogens with zero attached hydrogens (tertiary/aromatic N) is 3. The first-order chi connectivity index (χ1) is 21.7. The number of aryl methyl sites for hydroxylation is 3. The van der Waals surface area contributed by atoms with Gasteiger partial charge in [-0.15, -0.1) is 0 Å². The van der Waals surface area contributed by atoms with Crippen molar-refractivity contribution in [1.29, 1.82) is 0 Å². The minimum Gasteiger partial charge on any atom is -0.457 e. The first kappa shape index (κ1) is 28.5. The number of benzene rings is 4. The number of fused-ring (bicyclic) bond motifs is 3. The number of hydrogen-bond donors (Lipinski definition) is 0. The Morgan fingerprint density at radius 3 is 2.24 bits per heavy atom. The van der Waals surface area contributed by atoms with Crippen LogP contribution in [0.3, 0.4) is 0 Å². The van der Waals surface area contributed by atoms with Crippen LogP contribution in [-0.4, -0.2) is 14.5 Å². The van der Waals surface area contributed by atoms with E-state index in [1.807, 2.05) is 36.7 Å². The van der Waals surface area contributed by atoms with Gasteiger partial charge in [-0.25, -0.2) is 4.98 Å². The highest BCUT2D eigenvalue weighted by Gasteiger charge is 2.19. The molecule has 0 spiro atoms. The van der Waals surface area contributed by atoms with Gasteiger partial charge in [-0.2, -0.15) is 0 Å². The summed E-state index contributed by atoms with van der Waals surface area (Å²) in [4.78, 5) is 9.51. The molecule has 0 unspecified atom stereocenters. The Morgan fingerprint density at radius 1 is 0.622 bits per heavy atom. The number of ether oxygens (including phenoxy) is 1. The van der Waals surface area contributed by atoms with Crippen molar-refractivity contribution in [3.8, 4) is 39.7 Å². The Labute approximate surface area is 265 Å². The van der Waals surface area contributed by atoms with Crippen molar-refractivity contribution in [2.45, 2.75) is 47.0 Å². The van der Waals surface area contributed by atoms with Crippen LogP contribution in [0.1, 0.15) is 43.0 Å². The van der Waals surface area contributed by atoms with E-state index in [0.717, 1.165) is 45.2 Å². The molecule has 0 N–H and O–H groups in total. The minimum atomic E-state index is 0.0493. The van der Waals surface area contributed by atoms with E-state index in [9.17, 15) is 0 Å². The van der Waals surface area contributed by atoms with Crippen LogP contribution in [-0.2, 0) is 5.41 Å². The third-order valence-corrected chi connectivity index (χ3v) is 8.62. The third-order valence-electron chi connectivity index (χ3n) is 8.62. The molecule has 0 aliphatic heterocycles. The zero-order valence-electron chi connectivity index (χ0n) is 26.7. The number of pyridine rings is 2. The first-order valence-electron chi connectivity index (χ1n) is 15.5. The molecule has 0 atom stereocenters. The largest absolute Gasteiger partial charge is 0.457 e. The molecule has 0 radical (unpaired) electrons. The molecule has 0 amide bonds. The second kappa shape index (κ2) is 11.0. The number of hydrogen-bond acceptors (Lipinski definition) is 3. The van der Waals surface area contributed by atoms with Gasteiger partial charge in [-0.3, -0.25) is 9.55 Å². The van der Waals surface area contributed by atoms with Gasteiger partial charge < -0.3 is 4.74 Å². The fourth-order valence-corrected chi connectivity index (χ4v) is 6.21. The lowest BCUT2D eigenvalue weighted by molar-refractivity contribution is 0.483. The van der Waals surface area contributed by atoms with Gasteiger partial charge in [0.1, 0.15) is 17.3 Å². The topological polar surface area (TPSA) is 39.9 Å². The van der Waals surface area contributed by atoms with Crippen LogP contribution >= 0.6 is 0 Å². The van der Waals surface area contributed by atoms with Gasteiger partial charge in [-0.05, 0) is 109 Å². The van der Waals surface area contributed by atoms with E-state index >= 15 is 0 Å². The lowest BCUT2D eigenvalue weighted by Crippen LogP contribution is -2.10. The molecule has 0 saturated heterocycles. The van der Waals surface area contributed by atoms with Gasteiger partial charge in [0.25, 0.3) is 0 Å². The molecule has 0 aliphatic rings. The van der Waals surface area contributed by atoms with Crippen LogP contribution in [0.5, 0.6) is 11.5 Å². The van der Waals surface area contributed by atoms with Crippen LogP contribution < -0.4 is 4.74 Å². The van der Waals surface area contributed by atoms with E-state index in [-0.39, 0.29) is 5.41 Å². The smallest absolute Gasteiger partial charge is 0.137 e. The van der Waals surface area contributed by atoms with E-state index in [1.54, 1.807) is 0 Å². The summed E-state index contributed by atoms with van der Waals surface area (Å²) in [5.41, 5.74) is 11.6. The predicted octanol–water partition coefficient (Wildman–Crippen LogP) is 10.9. The highest BCUT2D eigenvalue weighted by molar-refractivity contribution is 6.09. The highest BCUT2D eigenvalue weighted by Crippen LogP contribution is 2.38. The molecule has 0 aliphatic carbocycles. The summed E-state index contributed by atoms with van der Waals surface area (Å²) in [7, 11) is 0. The molecule has 45 heavy (non-hydrogen) atoms. The zero-order valence-corrected chi connectivity index (χ0v) is 26.7. The second-order valence-electron chi connectivity index (χ2n) is 13.0. The lowest BCUT2D eigenvalue weighted by atomic mass is 9.86. The van der Waals surface area contributed by atoms with Crippen LogP contribution in [0.15, 0.2) is 116 Å². The number of aromatic nitrogens is 3. The standard InChI is InChI=1S/C41H37N3O/c1-26-13-16-33(27(2)20-26)35-24-37(43-25-28(35)3)29-10-9-11-31(21-29)45-32-15-17-34-36-22-30(41(4,5)6)14-18-38(36)44(39(34)23-32)40-12-7-8-19-42-40/h7-25H,1-6H3. The van der Waals surface area contributed by atoms with E-state index in [4.69, 9.17) is 14.7 Å². The molecule has 222 valence electrons. The first-order valence-corrected chi connectivity index (χ1v) is 15.5. The Bertz CT molecular complexity index is 2200. The summed E-state index contributed by atoms with van der Waals surface area (Å²) >= 11 is 0. The molecule has 7 rings (SSSR count). The molecular weight excluding hydrogens is 550 g/mol. The summed E-state index contributed by atoms with van der Waals surface area (Å²) < 4.78 is 8.75. The van der Waals surface area contributed by atoms with E-state index in [1.165, 1.54) is 38.6 Å². The molecule has 4 nitrogen and oxygen atoms in total. The van der Waals surface area contributed by atoms with Crippen molar-refractivity contribution >= 4 is 21.8 Å². The average molecular weight is 588 g/mol. The average Bonchev–Trinajstić information content (AvgIpc) is 3.35. The summed E-state index contributed by atoms with van der Waals surface area (Å²) in [6, 6.07) is 36.1. The van der Waals surface area contributed by atoms with E-state index in [2.05, 4.69) is 125 Å². The van der Waals surface area contributed by atoms with Gasteiger partial charge >= 0.3 is 0 Å². The van der Waals surface area contributed by atoms with E-state index in [0.29, 0.717) is 0 Å². The van der Waals surface area contributed by atoms with Crippen LogP contribution in [0.4, 0.5) is 0 Å². The summed E-state index contributed by atoms with van der Waals surface area (Å²) in [6.45, 7) is 13.2. The van der Waals surface area contributed by atoms with Crippen molar-refractivity contribution in [2.24, 2.45) is 0 Å². The molecule has 0 fully saturated rings. The molecule has 0 bridgehead atoms. The van der Waals surface area contributed by atoms with Crippen molar-refractivity contribution in [3.05, 3.63) is 138 Å². The predicted molar refractivity (Wildman–Crippen MR) is 187 cm³/mol. The summed E-state index contributed by atoms with van der Waals surface area (Å²) in [5, 5.41) is 2.38. The second-order valence-corrected chi connectivity index (χ2v) is 13.0. The highest BCUT2D eigenvalue weighted by atomic mass is 16.5. The van der Waals surface area contributed by atoms with E-state index < -0.39 is 0 Å². The van der Waals surface area contributed by atoms with Gasteiger partial charge in [0.15, 0.2) is 0 Å². The van der Waals surface area contributed by atoms with Gasteiger partial charge in [-0.1, -0.05) is 68.8 Å². The molecule has 3 heterocycles. The Hall–Kier alpha value is -5.22. The maximum absolute atomic E-state index is 6.52. The van der Waals surface area contributed by atoms with Gasteiger partial charge in [0.05, 0.1) is 16.7 Å². The Kier molecular flexibility index (Phi) is 7.01. The fourth-order valence-electron chi connectivity index (χ4n) is 6.21. The monoisotopic (exact) mass is 587 g/mol. The Morgan fingerprint density at radius 2 is 1.47 bits per heavy atom. The van der Waals surface area contributed by atoms with Crippen molar-refractivity contribution < 1.29 is 4.74 Å². The number of rotatable bonds is 5. The molecular formula is C41H37N3O. The van der Waals surface area contributed by atoms with Crippen molar-refractivity contribution in [1.82, 2.24) is 14.5 Å². The Balaban J connectivity index is 1.28. The summed E-state index contributed by atoms with van der Waals surface area (Å²) in [6.07, 6.45) is 3.81. The van der Waals surface area contributed by atoms with Crippen LogP contribution in [0.25, 0.3) is 50.0 Å². The van der Waals surface area contributed by atoms with Crippen molar-refractivity contribution in [3.63, 3.8) is 0 Å². The van der Waals surface area contributed by atoms with Crippen LogP contribution in [0, 0.1) is 20.8 Å². The maximum Gasteiger partial charge on any atom is 0.137 e. The van der Waals surface area contributed by atoms with Gasteiger partial charge in [0.2, 0.25) is 0 Å². The quantitative estimate of drug-likeness (QED) is 0.201. The third kappa shape index (κ3) is 5.38. The van der Waals surface area contributed by atoms with Gasteiger partial charge in [0, 0.05) is 34.8 Å². The fraction of sp³-hybridized carbons (Fsp3) is 0.171. The minimum absolute atomic E-state index is 0.0493. The van der Waals surface area contributed by atoms with Crippen LogP contribution in [0.2, 0.25) is 0 Å². The zero-order chi connectivity index (χ0) is 31.3. The molecule has 3 aromatic heterocycles. The molecule has 4 aromatic carbocycles. The maximum atomic E-state index is 6.52. The molecule has 7 aromatic rings.